The van der Waals surface area contributed by atoms with Crippen LogP contribution in [0.2, 0.25) is 0 Å². The third-order valence-electron chi connectivity index (χ3n) is 4.16. The zero-order valence-electron chi connectivity index (χ0n) is 15.2. The van der Waals surface area contributed by atoms with Crippen LogP contribution in [-0.4, -0.2) is 24.5 Å². The first-order valence-electron chi connectivity index (χ1n) is 8.61. The minimum atomic E-state index is -4.43. The third kappa shape index (κ3) is 3.70. The molecule has 30 heavy (non-hydrogen) atoms. The molecule has 0 spiro atoms. The molecule has 0 aliphatic rings. The molecule has 0 saturated heterocycles. The maximum atomic E-state index is 12.7. The van der Waals surface area contributed by atoms with Crippen LogP contribution in [0.3, 0.4) is 0 Å². The van der Waals surface area contributed by atoms with Gasteiger partial charge in [0.05, 0.1) is 16.6 Å². The molecule has 2 aromatic carbocycles. The van der Waals surface area contributed by atoms with Crippen LogP contribution in [0, 0.1) is 6.57 Å². The predicted octanol–water partition coefficient (Wildman–Crippen LogP) is 3.97. The zero-order chi connectivity index (χ0) is 21.3. The Morgan fingerprint density at radius 2 is 1.73 bits per heavy atom. The van der Waals surface area contributed by atoms with Crippen LogP contribution in [0.4, 0.5) is 30.8 Å². The fourth-order valence-corrected chi connectivity index (χ4v) is 2.88. The van der Waals surface area contributed by atoms with E-state index in [9.17, 15) is 13.2 Å². The summed E-state index contributed by atoms with van der Waals surface area (Å²) in [6, 6.07) is 11.7. The number of nitrogen functional groups attached to an aromatic ring is 1. The summed E-state index contributed by atoms with van der Waals surface area (Å²) in [6.07, 6.45) is -4.43. The molecular formula is C19H13F3N8. The summed E-state index contributed by atoms with van der Waals surface area (Å²) in [5.74, 6) is 0.520. The van der Waals surface area contributed by atoms with Crippen molar-refractivity contribution in [3.63, 3.8) is 0 Å². The van der Waals surface area contributed by atoms with Gasteiger partial charge < -0.3 is 15.9 Å². The Labute approximate surface area is 168 Å². The Morgan fingerprint density at radius 1 is 1.00 bits per heavy atom. The predicted molar refractivity (Wildman–Crippen MR) is 104 cm³/mol. The normalized spacial score (nSPS) is 11.4. The quantitative estimate of drug-likeness (QED) is 0.494. The van der Waals surface area contributed by atoms with Gasteiger partial charge in [-0.2, -0.15) is 28.1 Å². The van der Waals surface area contributed by atoms with E-state index < -0.39 is 11.7 Å². The molecule has 0 aliphatic carbocycles. The van der Waals surface area contributed by atoms with Crippen molar-refractivity contribution < 1.29 is 13.2 Å². The summed E-state index contributed by atoms with van der Waals surface area (Å²) >= 11 is 0. The van der Waals surface area contributed by atoms with Crippen molar-refractivity contribution in [3.05, 3.63) is 71.3 Å². The lowest BCUT2D eigenvalue weighted by molar-refractivity contribution is -0.137. The van der Waals surface area contributed by atoms with Gasteiger partial charge >= 0.3 is 6.18 Å². The van der Waals surface area contributed by atoms with Crippen molar-refractivity contribution in [1.82, 2.24) is 24.5 Å². The monoisotopic (exact) mass is 410 g/mol. The first-order valence-corrected chi connectivity index (χ1v) is 8.61. The summed E-state index contributed by atoms with van der Waals surface area (Å²) < 4.78 is 39.8. The van der Waals surface area contributed by atoms with E-state index in [4.69, 9.17) is 12.3 Å². The maximum absolute atomic E-state index is 12.7. The molecule has 0 radical (unpaired) electrons. The van der Waals surface area contributed by atoms with Crippen LogP contribution >= 0.6 is 0 Å². The Bertz CT molecular complexity index is 1260. The van der Waals surface area contributed by atoms with E-state index in [1.54, 1.807) is 16.7 Å². The second-order valence-corrected chi connectivity index (χ2v) is 6.19. The lowest BCUT2D eigenvalue weighted by Gasteiger charge is -2.10. The fourth-order valence-electron chi connectivity index (χ4n) is 2.88. The number of hydrogen-bond donors (Lipinski definition) is 2. The van der Waals surface area contributed by atoms with Crippen molar-refractivity contribution >= 4 is 28.6 Å². The first-order chi connectivity index (χ1) is 14.3. The summed E-state index contributed by atoms with van der Waals surface area (Å²) in [5, 5.41) is 2.82. The number of nitrogens with zero attached hydrogens (tertiary/aromatic N) is 6. The highest BCUT2D eigenvalue weighted by molar-refractivity contribution is 5.77. The van der Waals surface area contributed by atoms with Crippen LogP contribution in [0.1, 0.15) is 11.4 Å². The minimum Gasteiger partial charge on any atom is -0.368 e. The Morgan fingerprint density at radius 3 is 2.43 bits per heavy atom. The van der Waals surface area contributed by atoms with E-state index in [-0.39, 0.29) is 24.4 Å². The molecule has 2 heterocycles. The van der Waals surface area contributed by atoms with Crippen LogP contribution in [0.15, 0.2) is 48.5 Å². The molecule has 0 unspecified atom stereocenters. The smallest absolute Gasteiger partial charge is 0.368 e. The average Bonchev–Trinajstić information content (AvgIpc) is 3.05. The number of anilines is 3. The molecule has 4 rings (SSSR count). The lowest BCUT2D eigenvalue weighted by atomic mass is 10.2. The molecule has 150 valence electrons. The fraction of sp³-hybridized carbons (Fsp3) is 0.105. The molecule has 0 bridgehead atoms. The van der Waals surface area contributed by atoms with E-state index in [0.29, 0.717) is 22.5 Å². The highest BCUT2D eigenvalue weighted by atomic mass is 19.4. The molecular weight excluding hydrogens is 397 g/mol. The van der Waals surface area contributed by atoms with Gasteiger partial charge in [0.2, 0.25) is 17.8 Å². The van der Waals surface area contributed by atoms with Gasteiger partial charge in [0.1, 0.15) is 0 Å². The second kappa shape index (κ2) is 7.32. The number of nitrogens with two attached hydrogens (primary N) is 1. The Hall–Kier alpha value is -4.20. The molecule has 0 aliphatic heterocycles. The summed E-state index contributed by atoms with van der Waals surface area (Å²) in [4.78, 5) is 20.3. The van der Waals surface area contributed by atoms with Gasteiger partial charge in [-0.3, -0.25) is 4.57 Å². The van der Waals surface area contributed by atoms with Gasteiger partial charge in [-0.05, 0) is 36.4 Å². The highest BCUT2D eigenvalue weighted by Gasteiger charge is 2.30. The SMILES string of the molecule is [C-]#[N+]Cc1nc2ccccc2n1-c1nc(N)nc(Nc2ccc(C(F)(F)F)cc2)n1. The van der Waals surface area contributed by atoms with Crippen molar-refractivity contribution in [3.8, 4) is 5.95 Å². The lowest BCUT2D eigenvalue weighted by Crippen LogP contribution is -2.11. The largest absolute Gasteiger partial charge is 0.416 e. The Balaban J connectivity index is 1.74. The highest BCUT2D eigenvalue weighted by Crippen LogP contribution is 2.30. The first kappa shape index (κ1) is 19.1. The molecule has 0 fully saturated rings. The number of nitrogens with one attached hydrogen (secondary N) is 1. The molecule has 2 aromatic heterocycles. The van der Waals surface area contributed by atoms with Crippen molar-refractivity contribution in [1.29, 1.82) is 0 Å². The average molecular weight is 410 g/mol. The van der Waals surface area contributed by atoms with Crippen LogP contribution in [0.25, 0.3) is 21.8 Å². The number of alkyl halides is 3. The molecule has 11 heteroatoms. The van der Waals surface area contributed by atoms with Gasteiger partial charge in [-0.15, -0.1) is 0 Å². The number of aromatic nitrogens is 5. The zero-order valence-corrected chi connectivity index (χ0v) is 15.2. The van der Waals surface area contributed by atoms with E-state index in [2.05, 4.69) is 30.1 Å². The number of para-hydroxylation sites is 2. The van der Waals surface area contributed by atoms with Crippen LogP contribution in [-0.2, 0) is 12.7 Å². The molecule has 0 amide bonds. The summed E-state index contributed by atoms with van der Waals surface area (Å²) in [6.45, 7) is 7.17. The van der Waals surface area contributed by atoms with E-state index in [0.717, 1.165) is 12.1 Å². The standard InChI is InChI=1S/C19H13F3N8/c1-24-10-15-26-13-4-2-3-5-14(13)30(15)18-28-16(23)27-17(29-18)25-12-8-6-11(7-9-12)19(20,21)22/h2-9H,10H2,(H3,23,25,27,28,29). The number of hydrogen-bond acceptors (Lipinski definition) is 6. The van der Waals surface area contributed by atoms with E-state index >= 15 is 0 Å². The van der Waals surface area contributed by atoms with Crippen LogP contribution in [0.5, 0.6) is 0 Å². The van der Waals surface area contributed by atoms with Gasteiger partial charge in [-0.1, -0.05) is 12.1 Å². The molecule has 4 aromatic rings. The number of benzene rings is 2. The third-order valence-corrected chi connectivity index (χ3v) is 4.16. The molecule has 0 saturated carbocycles. The summed E-state index contributed by atoms with van der Waals surface area (Å²) in [5.41, 5.74) is 6.74. The van der Waals surface area contributed by atoms with Gasteiger partial charge in [-0.25, -0.2) is 11.6 Å². The van der Waals surface area contributed by atoms with Crippen molar-refractivity contribution in [2.24, 2.45) is 0 Å². The van der Waals surface area contributed by atoms with Gasteiger partial charge in [0.15, 0.2) is 5.82 Å². The van der Waals surface area contributed by atoms with Crippen molar-refractivity contribution in [2.45, 2.75) is 12.7 Å². The topological polar surface area (TPSA) is 98.9 Å². The molecule has 8 nitrogen and oxygen atoms in total. The maximum Gasteiger partial charge on any atom is 0.416 e. The number of halogens is 3. The van der Waals surface area contributed by atoms with E-state index in [1.165, 1.54) is 12.1 Å². The molecule has 0 atom stereocenters. The van der Waals surface area contributed by atoms with E-state index in [1.807, 2.05) is 12.1 Å². The number of rotatable bonds is 4. The van der Waals surface area contributed by atoms with Gasteiger partial charge in [0, 0.05) is 5.69 Å². The Kier molecular flexibility index (Phi) is 4.67. The second-order valence-electron chi connectivity index (χ2n) is 6.19. The summed E-state index contributed by atoms with van der Waals surface area (Å²) in [7, 11) is 0. The number of fused-ring (bicyclic) bond motifs is 1. The number of imidazole rings is 1. The van der Waals surface area contributed by atoms with Crippen LogP contribution < -0.4 is 11.1 Å². The van der Waals surface area contributed by atoms with Crippen molar-refractivity contribution in [2.75, 3.05) is 11.1 Å². The minimum absolute atomic E-state index is 0.00192. The van der Waals surface area contributed by atoms with Gasteiger partial charge in [0.25, 0.3) is 6.54 Å². The molecule has 3 N–H and O–H groups in total.